The summed E-state index contributed by atoms with van der Waals surface area (Å²) in [7, 11) is 0. The molecular weight excluding hydrogens is 235 g/mol. The number of carbonyl (C=O) groups excluding carboxylic acids is 1. The number of alkyl halides is 3. The van der Waals surface area contributed by atoms with Gasteiger partial charge in [0, 0.05) is 13.0 Å². The van der Waals surface area contributed by atoms with Gasteiger partial charge in [-0.05, 0) is 18.8 Å². The van der Waals surface area contributed by atoms with Gasteiger partial charge in [-0.2, -0.15) is 13.2 Å². The Kier molecular flexibility index (Phi) is 5.95. The van der Waals surface area contributed by atoms with Gasteiger partial charge >= 0.3 is 6.18 Å². The maximum absolute atomic E-state index is 11.8. The summed E-state index contributed by atoms with van der Waals surface area (Å²) in [5.74, 6) is -0.610. The molecule has 0 aromatic rings. The number of hydrogen-bond donors (Lipinski definition) is 2. The standard InChI is InChI=1S/C11H20F3NO2/c1-8(16)6-10(2,3)7-15-9(17)4-5-11(12,13)14/h8,16H,4-7H2,1-3H3,(H,15,17). The number of aliphatic hydroxyl groups excluding tert-OH is 1. The number of rotatable bonds is 6. The first-order valence-electron chi connectivity index (χ1n) is 5.53. The van der Waals surface area contributed by atoms with Crippen molar-refractivity contribution in [3.8, 4) is 0 Å². The Bertz CT molecular complexity index is 250. The lowest BCUT2D eigenvalue weighted by Gasteiger charge is -2.26. The molecule has 0 rings (SSSR count). The molecule has 0 radical (unpaired) electrons. The molecule has 0 bridgehead atoms. The molecule has 2 N–H and O–H groups in total. The molecule has 0 heterocycles. The first-order chi connectivity index (χ1) is 7.52. The fourth-order valence-corrected chi connectivity index (χ4v) is 1.55. The van der Waals surface area contributed by atoms with Crippen molar-refractivity contribution in [3.63, 3.8) is 0 Å². The highest BCUT2D eigenvalue weighted by atomic mass is 19.4. The van der Waals surface area contributed by atoms with Crippen LogP contribution in [-0.4, -0.2) is 29.8 Å². The summed E-state index contributed by atoms with van der Waals surface area (Å²) in [6.45, 7) is 5.56. The molecule has 1 atom stereocenters. The number of hydrogen-bond acceptors (Lipinski definition) is 2. The highest BCUT2D eigenvalue weighted by Gasteiger charge is 2.28. The first kappa shape index (κ1) is 16.2. The Morgan fingerprint density at radius 3 is 2.29 bits per heavy atom. The van der Waals surface area contributed by atoms with Gasteiger partial charge < -0.3 is 10.4 Å². The van der Waals surface area contributed by atoms with E-state index < -0.39 is 31.0 Å². The SMILES string of the molecule is CC(O)CC(C)(C)CNC(=O)CCC(F)(F)F. The van der Waals surface area contributed by atoms with Gasteiger partial charge in [0.25, 0.3) is 0 Å². The molecule has 0 fully saturated rings. The summed E-state index contributed by atoms with van der Waals surface area (Å²) < 4.78 is 35.5. The molecule has 6 heteroatoms. The lowest BCUT2D eigenvalue weighted by Crippen LogP contribution is -2.36. The molecule has 0 spiro atoms. The third-order valence-corrected chi connectivity index (χ3v) is 2.25. The lowest BCUT2D eigenvalue weighted by atomic mass is 9.87. The van der Waals surface area contributed by atoms with Crippen molar-refractivity contribution in [1.29, 1.82) is 0 Å². The van der Waals surface area contributed by atoms with Crippen molar-refractivity contribution in [1.82, 2.24) is 5.32 Å². The predicted molar refractivity (Wildman–Crippen MR) is 58.4 cm³/mol. The highest BCUT2D eigenvalue weighted by Crippen LogP contribution is 2.22. The Morgan fingerprint density at radius 1 is 1.35 bits per heavy atom. The summed E-state index contributed by atoms with van der Waals surface area (Å²) in [6, 6.07) is 0. The van der Waals surface area contributed by atoms with Crippen LogP contribution in [0.5, 0.6) is 0 Å². The third-order valence-electron chi connectivity index (χ3n) is 2.25. The molecule has 17 heavy (non-hydrogen) atoms. The number of halogens is 3. The molecule has 0 aromatic carbocycles. The van der Waals surface area contributed by atoms with Gasteiger partial charge in [-0.3, -0.25) is 4.79 Å². The Hall–Kier alpha value is -0.780. The monoisotopic (exact) mass is 255 g/mol. The van der Waals surface area contributed by atoms with E-state index in [9.17, 15) is 23.1 Å². The van der Waals surface area contributed by atoms with Gasteiger partial charge in [0.2, 0.25) is 5.91 Å². The molecule has 0 aromatic heterocycles. The summed E-state index contributed by atoms with van der Waals surface area (Å²) in [5.41, 5.74) is -0.331. The lowest BCUT2D eigenvalue weighted by molar-refractivity contribution is -0.144. The first-order valence-corrected chi connectivity index (χ1v) is 5.53. The van der Waals surface area contributed by atoms with Crippen molar-refractivity contribution >= 4 is 5.91 Å². The summed E-state index contributed by atoms with van der Waals surface area (Å²) in [6.07, 6.45) is -5.97. The van der Waals surface area contributed by atoms with E-state index in [0.29, 0.717) is 6.42 Å². The van der Waals surface area contributed by atoms with Crippen LogP contribution in [-0.2, 0) is 4.79 Å². The van der Waals surface area contributed by atoms with E-state index in [2.05, 4.69) is 5.32 Å². The minimum Gasteiger partial charge on any atom is -0.393 e. The predicted octanol–water partition coefficient (Wildman–Crippen LogP) is 2.24. The quantitative estimate of drug-likeness (QED) is 0.764. The van der Waals surface area contributed by atoms with Crippen LogP contribution in [0.15, 0.2) is 0 Å². The zero-order valence-corrected chi connectivity index (χ0v) is 10.4. The van der Waals surface area contributed by atoms with Gasteiger partial charge in [-0.15, -0.1) is 0 Å². The summed E-state index contributed by atoms with van der Waals surface area (Å²) in [4.78, 5) is 11.1. The van der Waals surface area contributed by atoms with E-state index in [4.69, 9.17) is 0 Å². The number of carbonyl (C=O) groups is 1. The number of aliphatic hydroxyl groups is 1. The minimum absolute atomic E-state index is 0.259. The topological polar surface area (TPSA) is 49.3 Å². The van der Waals surface area contributed by atoms with Gasteiger partial charge in [0.15, 0.2) is 0 Å². The molecule has 0 aliphatic rings. The van der Waals surface area contributed by atoms with Crippen molar-refractivity contribution in [2.45, 2.75) is 52.3 Å². The smallest absolute Gasteiger partial charge is 0.389 e. The van der Waals surface area contributed by atoms with Crippen LogP contribution in [0.25, 0.3) is 0 Å². The second-order valence-electron chi connectivity index (χ2n) is 5.11. The van der Waals surface area contributed by atoms with Crippen molar-refractivity contribution in [3.05, 3.63) is 0 Å². The maximum atomic E-state index is 11.8. The molecule has 0 aliphatic carbocycles. The molecule has 3 nitrogen and oxygen atoms in total. The average Bonchev–Trinajstić information content (AvgIpc) is 2.08. The third kappa shape index (κ3) is 10.1. The van der Waals surface area contributed by atoms with E-state index in [-0.39, 0.29) is 12.0 Å². The van der Waals surface area contributed by atoms with Crippen LogP contribution >= 0.6 is 0 Å². The van der Waals surface area contributed by atoms with Crippen molar-refractivity contribution in [2.24, 2.45) is 5.41 Å². The minimum atomic E-state index is -4.30. The Labute approximate surface area is 99.4 Å². The van der Waals surface area contributed by atoms with Gasteiger partial charge in [0.05, 0.1) is 12.5 Å². The van der Waals surface area contributed by atoms with E-state index in [1.54, 1.807) is 6.92 Å². The molecule has 0 saturated carbocycles. The normalized spacial score (nSPS) is 14.5. The fraction of sp³-hybridized carbons (Fsp3) is 0.909. The van der Waals surface area contributed by atoms with Crippen LogP contribution in [0.1, 0.15) is 40.0 Å². The van der Waals surface area contributed by atoms with Gasteiger partial charge in [0.1, 0.15) is 0 Å². The summed E-state index contributed by atoms with van der Waals surface area (Å²) >= 11 is 0. The van der Waals surface area contributed by atoms with Crippen LogP contribution in [0.2, 0.25) is 0 Å². The number of nitrogens with one attached hydrogen (secondary N) is 1. The van der Waals surface area contributed by atoms with E-state index >= 15 is 0 Å². The van der Waals surface area contributed by atoms with Crippen LogP contribution in [0.4, 0.5) is 13.2 Å². The van der Waals surface area contributed by atoms with Crippen molar-refractivity contribution in [2.75, 3.05) is 6.54 Å². The maximum Gasteiger partial charge on any atom is 0.389 e. The van der Waals surface area contributed by atoms with Crippen LogP contribution in [0.3, 0.4) is 0 Å². The average molecular weight is 255 g/mol. The molecule has 0 saturated heterocycles. The zero-order chi connectivity index (χ0) is 13.7. The van der Waals surface area contributed by atoms with E-state index in [1.807, 2.05) is 13.8 Å². The largest absolute Gasteiger partial charge is 0.393 e. The highest BCUT2D eigenvalue weighted by molar-refractivity contribution is 5.75. The molecule has 1 unspecified atom stereocenters. The van der Waals surface area contributed by atoms with Gasteiger partial charge in [-0.1, -0.05) is 13.8 Å². The van der Waals surface area contributed by atoms with Crippen LogP contribution < -0.4 is 5.32 Å². The second-order valence-corrected chi connectivity index (χ2v) is 5.11. The van der Waals surface area contributed by atoms with Crippen LogP contribution in [0, 0.1) is 5.41 Å². The Balaban J connectivity index is 3.91. The van der Waals surface area contributed by atoms with Crippen molar-refractivity contribution < 1.29 is 23.1 Å². The molecular formula is C11H20F3NO2. The van der Waals surface area contributed by atoms with E-state index in [0.717, 1.165) is 0 Å². The second kappa shape index (κ2) is 6.23. The Morgan fingerprint density at radius 2 is 1.88 bits per heavy atom. The molecule has 0 aliphatic heterocycles. The van der Waals surface area contributed by atoms with Gasteiger partial charge in [-0.25, -0.2) is 0 Å². The summed E-state index contributed by atoms with van der Waals surface area (Å²) in [5, 5.41) is 11.7. The van der Waals surface area contributed by atoms with E-state index in [1.165, 1.54) is 0 Å². The number of amides is 1. The molecule has 102 valence electrons. The zero-order valence-electron chi connectivity index (χ0n) is 10.4. The fourth-order valence-electron chi connectivity index (χ4n) is 1.55. The molecule has 1 amide bonds.